The summed E-state index contributed by atoms with van der Waals surface area (Å²) in [6.45, 7) is 1.88. The molecule has 0 aliphatic carbocycles. The summed E-state index contributed by atoms with van der Waals surface area (Å²) in [7, 11) is 0. The second kappa shape index (κ2) is 5.49. The normalized spacial score (nSPS) is 10.8. The highest BCUT2D eigenvalue weighted by atomic mass is 32.2. The second-order valence-electron chi connectivity index (χ2n) is 4.28. The van der Waals surface area contributed by atoms with Gasteiger partial charge >= 0.3 is 0 Å². The number of aromatic nitrogens is 6. The van der Waals surface area contributed by atoms with E-state index in [0.29, 0.717) is 11.1 Å². The van der Waals surface area contributed by atoms with Gasteiger partial charge in [0.25, 0.3) is 5.95 Å². The first kappa shape index (κ1) is 13.5. The molecular formula is C13H13N7S. The van der Waals surface area contributed by atoms with Gasteiger partial charge in [-0.15, -0.1) is 15.3 Å². The topological polar surface area (TPSA) is 95.4 Å². The highest BCUT2D eigenvalue weighted by molar-refractivity contribution is 7.98. The molecule has 0 unspecified atom stereocenters. The molecule has 0 atom stereocenters. The number of anilines is 1. The van der Waals surface area contributed by atoms with Crippen molar-refractivity contribution in [2.24, 2.45) is 0 Å². The molecular weight excluding hydrogens is 286 g/mol. The fourth-order valence-electron chi connectivity index (χ4n) is 1.88. The number of nitrogens with zero attached hydrogens (tertiary/aromatic N) is 6. The van der Waals surface area contributed by atoms with E-state index in [2.05, 4.69) is 25.3 Å². The van der Waals surface area contributed by atoms with Gasteiger partial charge in [0.15, 0.2) is 0 Å². The number of aryl methyl sites for hydroxylation is 1. The van der Waals surface area contributed by atoms with Gasteiger partial charge in [0.05, 0.1) is 5.69 Å². The Kier molecular flexibility index (Phi) is 3.53. The highest BCUT2D eigenvalue weighted by Crippen LogP contribution is 2.20. The van der Waals surface area contributed by atoms with Crippen molar-refractivity contribution in [3.05, 3.63) is 36.0 Å². The third-order valence-corrected chi connectivity index (χ3v) is 3.42. The molecule has 0 aliphatic heterocycles. The quantitative estimate of drug-likeness (QED) is 0.736. The molecule has 0 fully saturated rings. The van der Waals surface area contributed by atoms with Crippen molar-refractivity contribution in [1.29, 1.82) is 0 Å². The van der Waals surface area contributed by atoms with Crippen molar-refractivity contribution >= 4 is 17.7 Å². The predicted octanol–water partition coefficient (Wildman–Crippen LogP) is 1.73. The van der Waals surface area contributed by atoms with Gasteiger partial charge in [-0.05, 0) is 13.2 Å². The van der Waals surface area contributed by atoms with Crippen molar-refractivity contribution in [2.75, 3.05) is 12.0 Å². The zero-order chi connectivity index (χ0) is 14.8. The minimum atomic E-state index is 0.244. The van der Waals surface area contributed by atoms with Gasteiger partial charge in [0.2, 0.25) is 11.1 Å². The summed E-state index contributed by atoms with van der Waals surface area (Å²) in [5, 5.41) is 13.1. The third-order valence-electron chi connectivity index (χ3n) is 2.88. The maximum atomic E-state index is 5.82. The SMILES string of the molecule is CSc1nc(N)n(-c2nnc(-c3ccccc3)c(C)n2)n1. The Morgan fingerprint density at radius 1 is 1.10 bits per heavy atom. The van der Waals surface area contributed by atoms with Gasteiger partial charge < -0.3 is 5.73 Å². The van der Waals surface area contributed by atoms with Crippen LogP contribution >= 0.6 is 11.8 Å². The molecule has 106 valence electrons. The molecule has 0 bridgehead atoms. The van der Waals surface area contributed by atoms with E-state index in [0.717, 1.165) is 17.0 Å². The monoisotopic (exact) mass is 299 g/mol. The van der Waals surface area contributed by atoms with Gasteiger partial charge in [0.1, 0.15) is 5.69 Å². The Morgan fingerprint density at radius 3 is 2.48 bits per heavy atom. The molecule has 0 saturated heterocycles. The van der Waals surface area contributed by atoms with Crippen molar-refractivity contribution in [3.8, 4) is 17.2 Å². The number of hydrogen-bond donors (Lipinski definition) is 1. The van der Waals surface area contributed by atoms with Crippen LogP contribution in [0.25, 0.3) is 17.2 Å². The highest BCUT2D eigenvalue weighted by Gasteiger charge is 2.13. The zero-order valence-corrected chi connectivity index (χ0v) is 12.4. The molecule has 8 heteroatoms. The van der Waals surface area contributed by atoms with E-state index in [1.807, 2.05) is 43.5 Å². The summed E-state index contributed by atoms with van der Waals surface area (Å²) in [4.78, 5) is 8.53. The van der Waals surface area contributed by atoms with Crippen LogP contribution in [-0.2, 0) is 0 Å². The van der Waals surface area contributed by atoms with Crippen molar-refractivity contribution in [1.82, 2.24) is 29.9 Å². The van der Waals surface area contributed by atoms with Crippen molar-refractivity contribution < 1.29 is 0 Å². The molecule has 21 heavy (non-hydrogen) atoms. The molecule has 0 radical (unpaired) electrons. The van der Waals surface area contributed by atoms with Gasteiger partial charge in [-0.25, -0.2) is 4.98 Å². The fourth-order valence-corrected chi connectivity index (χ4v) is 2.23. The molecule has 0 amide bonds. The van der Waals surface area contributed by atoms with Crippen LogP contribution in [0, 0.1) is 6.92 Å². The molecule has 0 saturated carbocycles. The minimum absolute atomic E-state index is 0.244. The number of benzene rings is 1. The Bertz CT molecular complexity index is 769. The van der Waals surface area contributed by atoms with E-state index in [1.54, 1.807) is 0 Å². The van der Waals surface area contributed by atoms with Gasteiger partial charge in [0, 0.05) is 5.56 Å². The van der Waals surface area contributed by atoms with Gasteiger partial charge in [-0.3, -0.25) is 0 Å². The summed E-state index contributed by atoms with van der Waals surface area (Å²) in [5.41, 5.74) is 8.28. The van der Waals surface area contributed by atoms with Crippen LogP contribution in [0.3, 0.4) is 0 Å². The Balaban J connectivity index is 2.03. The Morgan fingerprint density at radius 2 is 1.86 bits per heavy atom. The van der Waals surface area contributed by atoms with Crippen LogP contribution in [0.5, 0.6) is 0 Å². The zero-order valence-electron chi connectivity index (χ0n) is 11.6. The minimum Gasteiger partial charge on any atom is -0.368 e. The summed E-state index contributed by atoms with van der Waals surface area (Å²) in [6.07, 6.45) is 1.88. The smallest absolute Gasteiger partial charge is 0.273 e. The molecule has 2 N–H and O–H groups in total. The maximum Gasteiger partial charge on any atom is 0.273 e. The lowest BCUT2D eigenvalue weighted by Gasteiger charge is -2.05. The van der Waals surface area contributed by atoms with E-state index in [4.69, 9.17) is 5.73 Å². The molecule has 0 aliphatic rings. The van der Waals surface area contributed by atoms with Crippen molar-refractivity contribution in [3.63, 3.8) is 0 Å². The van der Waals surface area contributed by atoms with Gasteiger partial charge in [-0.2, -0.15) is 9.67 Å². The number of nitrogens with two attached hydrogens (primary N) is 1. The largest absolute Gasteiger partial charge is 0.368 e. The summed E-state index contributed by atoms with van der Waals surface area (Å²) >= 11 is 1.40. The maximum absolute atomic E-state index is 5.82. The molecule has 3 aromatic rings. The summed E-state index contributed by atoms with van der Waals surface area (Å²) in [6, 6.07) is 9.78. The first-order valence-corrected chi connectivity index (χ1v) is 7.45. The lowest BCUT2D eigenvalue weighted by atomic mass is 10.1. The lowest BCUT2D eigenvalue weighted by molar-refractivity contribution is 0.752. The summed E-state index contributed by atoms with van der Waals surface area (Å²) < 4.78 is 1.39. The van der Waals surface area contributed by atoms with E-state index in [1.165, 1.54) is 16.4 Å². The standard InChI is InChI=1S/C13H13N7S/c1-8-10(9-6-4-3-5-7-9)17-18-12(15-8)20-11(14)16-13(19-20)21-2/h3-7H,1-2H3,(H2,14,16,19). The summed E-state index contributed by atoms with van der Waals surface area (Å²) in [5.74, 6) is 0.561. The fraction of sp³-hybridized carbons (Fsp3) is 0.154. The van der Waals surface area contributed by atoms with E-state index >= 15 is 0 Å². The first-order chi connectivity index (χ1) is 10.2. The number of nitrogen functional groups attached to an aromatic ring is 1. The van der Waals surface area contributed by atoms with Crippen LogP contribution in [0.2, 0.25) is 0 Å². The number of thioether (sulfide) groups is 1. The Labute approximate surface area is 125 Å². The average molecular weight is 299 g/mol. The number of rotatable bonds is 3. The van der Waals surface area contributed by atoms with E-state index < -0.39 is 0 Å². The molecule has 7 nitrogen and oxygen atoms in total. The van der Waals surface area contributed by atoms with Crippen LogP contribution in [0.1, 0.15) is 5.69 Å². The average Bonchev–Trinajstić information content (AvgIpc) is 2.89. The van der Waals surface area contributed by atoms with E-state index in [9.17, 15) is 0 Å². The molecule has 0 spiro atoms. The molecule has 1 aromatic carbocycles. The lowest BCUT2D eigenvalue weighted by Crippen LogP contribution is -2.10. The van der Waals surface area contributed by atoms with Crippen LogP contribution in [0.15, 0.2) is 35.5 Å². The van der Waals surface area contributed by atoms with Crippen molar-refractivity contribution in [2.45, 2.75) is 12.1 Å². The molecule has 2 heterocycles. The van der Waals surface area contributed by atoms with Crippen LogP contribution in [-0.4, -0.2) is 36.2 Å². The Hall–Kier alpha value is -2.48. The second-order valence-corrected chi connectivity index (χ2v) is 5.05. The first-order valence-electron chi connectivity index (χ1n) is 6.22. The molecule has 2 aromatic heterocycles. The van der Waals surface area contributed by atoms with Crippen LogP contribution in [0.4, 0.5) is 5.95 Å². The molecule has 3 rings (SSSR count). The van der Waals surface area contributed by atoms with Crippen LogP contribution < -0.4 is 5.73 Å². The predicted molar refractivity (Wildman–Crippen MR) is 81.1 cm³/mol. The number of hydrogen-bond acceptors (Lipinski definition) is 7. The van der Waals surface area contributed by atoms with Gasteiger partial charge in [-0.1, -0.05) is 42.1 Å². The van der Waals surface area contributed by atoms with E-state index in [-0.39, 0.29) is 5.95 Å². The third kappa shape index (κ3) is 2.57.